The number of aromatic nitrogens is 2. The van der Waals surface area contributed by atoms with Gasteiger partial charge in [-0.1, -0.05) is 0 Å². The standard InChI is InChI=1S/C24H35N5O3/c1-24(2,3)28-23(30)25-8-9-29-16-4-5-17(29)13-15(12-16)14-20-26-18-6-7-19-22(21(18)27-20)32-11-10-31-19/h6-7,15-17H,4-5,8-14H2,1-3H3,(H,26,27)(H2,25,28,30)/t15?,16-,17+. The Balaban J connectivity index is 1.17. The molecule has 0 radical (unpaired) electrons. The molecule has 0 saturated carbocycles. The summed E-state index contributed by atoms with van der Waals surface area (Å²) in [6, 6.07) is 5.14. The van der Waals surface area contributed by atoms with Crippen LogP contribution in [-0.2, 0) is 6.42 Å². The van der Waals surface area contributed by atoms with E-state index in [1.54, 1.807) is 0 Å². The number of ether oxygens (including phenoxy) is 2. The molecule has 2 bridgehead atoms. The van der Waals surface area contributed by atoms with Crippen LogP contribution in [0.25, 0.3) is 11.0 Å². The van der Waals surface area contributed by atoms with E-state index in [2.05, 4.69) is 20.5 Å². The van der Waals surface area contributed by atoms with Crippen molar-refractivity contribution in [1.29, 1.82) is 0 Å². The molecular formula is C24H35N5O3. The molecule has 174 valence electrons. The van der Waals surface area contributed by atoms with Gasteiger partial charge in [0.25, 0.3) is 0 Å². The van der Waals surface area contributed by atoms with Gasteiger partial charge in [0.1, 0.15) is 24.6 Å². The Morgan fingerprint density at radius 2 is 1.94 bits per heavy atom. The van der Waals surface area contributed by atoms with Gasteiger partial charge in [-0.25, -0.2) is 9.78 Å². The largest absolute Gasteiger partial charge is 0.486 e. The predicted molar refractivity (Wildman–Crippen MR) is 123 cm³/mol. The molecule has 0 spiro atoms. The fraction of sp³-hybridized carbons (Fsp3) is 0.667. The van der Waals surface area contributed by atoms with Crippen LogP contribution in [0, 0.1) is 5.92 Å². The minimum Gasteiger partial charge on any atom is -0.486 e. The van der Waals surface area contributed by atoms with Gasteiger partial charge >= 0.3 is 6.03 Å². The van der Waals surface area contributed by atoms with Crippen LogP contribution >= 0.6 is 0 Å². The number of rotatable bonds is 5. The Kier molecular flexibility index (Phi) is 5.65. The summed E-state index contributed by atoms with van der Waals surface area (Å²) >= 11 is 0. The highest BCUT2D eigenvalue weighted by atomic mass is 16.6. The summed E-state index contributed by atoms with van der Waals surface area (Å²) in [5.74, 6) is 3.24. The number of carbonyl (C=O) groups excluding carboxylic acids is 1. The van der Waals surface area contributed by atoms with Crippen molar-refractivity contribution in [3.8, 4) is 11.5 Å². The second kappa shape index (κ2) is 8.46. The van der Waals surface area contributed by atoms with Gasteiger partial charge < -0.3 is 25.1 Å². The zero-order valence-electron chi connectivity index (χ0n) is 19.4. The van der Waals surface area contributed by atoms with E-state index in [4.69, 9.17) is 14.5 Å². The van der Waals surface area contributed by atoms with Crippen molar-refractivity contribution in [3.63, 3.8) is 0 Å². The molecule has 8 heteroatoms. The normalized spacial score (nSPS) is 25.2. The lowest BCUT2D eigenvalue weighted by Gasteiger charge is -2.39. The van der Waals surface area contributed by atoms with E-state index in [-0.39, 0.29) is 11.6 Å². The van der Waals surface area contributed by atoms with Crippen LogP contribution in [0.15, 0.2) is 12.1 Å². The maximum Gasteiger partial charge on any atom is 0.315 e. The molecule has 5 rings (SSSR count). The number of hydrogen-bond donors (Lipinski definition) is 3. The van der Waals surface area contributed by atoms with Crippen molar-refractivity contribution in [2.45, 2.75) is 70.5 Å². The van der Waals surface area contributed by atoms with Crippen molar-refractivity contribution >= 4 is 17.1 Å². The summed E-state index contributed by atoms with van der Waals surface area (Å²) in [4.78, 5) is 23.0. The zero-order chi connectivity index (χ0) is 22.3. The molecule has 3 aliphatic rings. The fourth-order valence-electron chi connectivity index (χ4n) is 5.60. The number of piperidine rings is 1. The molecule has 2 amide bonds. The number of imidazole rings is 1. The summed E-state index contributed by atoms with van der Waals surface area (Å²) in [6.45, 7) is 8.76. The van der Waals surface area contributed by atoms with Crippen LogP contribution < -0.4 is 20.1 Å². The Hall–Kier alpha value is -2.48. The molecule has 3 atom stereocenters. The molecular weight excluding hydrogens is 406 g/mol. The number of H-pyrrole nitrogens is 1. The highest BCUT2D eigenvalue weighted by molar-refractivity contribution is 5.85. The van der Waals surface area contributed by atoms with Crippen LogP contribution in [0.3, 0.4) is 0 Å². The lowest BCUT2D eigenvalue weighted by molar-refractivity contribution is 0.104. The van der Waals surface area contributed by atoms with Gasteiger partial charge in [-0.15, -0.1) is 0 Å². The third-order valence-electron chi connectivity index (χ3n) is 6.82. The van der Waals surface area contributed by atoms with Gasteiger partial charge in [-0.2, -0.15) is 0 Å². The summed E-state index contributed by atoms with van der Waals surface area (Å²) < 4.78 is 11.5. The molecule has 32 heavy (non-hydrogen) atoms. The number of amides is 2. The second-order valence-electron chi connectivity index (χ2n) is 10.5. The first-order valence-corrected chi connectivity index (χ1v) is 11.9. The van der Waals surface area contributed by atoms with Gasteiger partial charge in [0.2, 0.25) is 0 Å². The molecule has 3 aliphatic heterocycles. The maximum absolute atomic E-state index is 12.0. The average Bonchev–Trinajstić information content (AvgIpc) is 3.24. The molecule has 2 saturated heterocycles. The van der Waals surface area contributed by atoms with Crippen LogP contribution in [0.1, 0.15) is 52.3 Å². The minimum absolute atomic E-state index is 0.0822. The highest BCUT2D eigenvalue weighted by Gasteiger charge is 2.40. The van der Waals surface area contributed by atoms with Gasteiger partial charge in [-0.05, 0) is 64.5 Å². The van der Waals surface area contributed by atoms with Crippen LogP contribution in [-0.4, -0.2) is 64.8 Å². The van der Waals surface area contributed by atoms with E-state index in [1.807, 2.05) is 32.9 Å². The molecule has 0 aliphatic carbocycles. The smallest absolute Gasteiger partial charge is 0.315 e. The summed E-state index contributed by atoms with van der Waals surface area (Å²) in [6.07, 6.45) is 5.87. The van der Waals surface area contributed by atoms with E-state index >= 15 is 0 Å². The third-order valence-corrected chi connectivity index (χ3v) is 6.82. The minimum atomic E-state index is -0.212. The number of hydrogen-bond acceptors (Lipinski definition) is 5. The monoisotopic (exact) mass is 441 g/mol. The van der Waals surface area contributed by atoms with Gasteiger partial charge in [0, 0.05) is 37.1 Å². The van der Waals surface area contributed by atoms with Crippen molar-refractivity contribution in [2.75, 3.05) is 26.3 Å². The Morgan fingerprint density at radius 1 is 1.19 bits per heavy atom. The lowest BCUT2D eigenvalue weighted by Crippen LogP contribution is -2.50. The molecule has 2 fully saturated rings. The predicted octanol–water partition coefficient (Wildman–Crippen LogP) is 3.22. The molecule has 1 aromatic heterocycles. The van der Waals surface area contributed by atoms with Crippen LogP contribution in [0.5, 0.6) is 11.5 Å². The van der Waals surface area contributed by atoms with Gasteiger partial charge in [0.15, 0.2) is 11.5 Å². The zero-order valence-corrected chi connectivity index (χ0v) is 19.4. The number of carbonyl (C=O) groups is 1. The third kappa shape index (κ3) is 4.51. The number of fused-ring (bicyclic) bond motifs is 5. The van der Waals surface area contributed by atoms with Crippen molar-refractivity contribution < 1.29 is 14.3 Å². The lowest BCUT2D eigenvalue weighted by atomic mass is 9.88. The number of nitrogens with zero attached hydrogens (tertiary/aromatic N) is 2. The maximum atomic E-state index is 12.0. The SMILES string of the molecule is CC(C)(C)NC(=O)NCCN1[C@@H]2CC[C@H]1CC(Cc1nc3c4c(ccc3[nH]1)OCCO4)C2. The second-order valence-corrected chi connectivity index (χ2v) is 10.5. The number of aromatic amines is 1. The topological polar surface area (TPSA) is 91.5 Å². The molecule has 3 N–H and O–H groups in total. The van der Waals surface area contributed by atoms with E-state index < -0.39 is 0 Å². The quantitative estimate of drug-likeness (QED) is 0.663. The van der Waals surface area contributed by atoms with E-state index in [9.17, 15) is 4.79 Å². The molecule has 8 nitrogen and oxygen atoms in total. The first-order valence-electron chi connectivity index (χ1n) is 11.9. The van der Waals surface area contributed by atoms with E-state index in [0.717, 1.165) is 41.3 Å². The van der Waals surface area contributed by atoms with Gasteiger partial charge in [-0.3, -0.25) is 4.90 Å². The fourth-order valence-corrected chi connectivity index (χ4v) is 5.60. The molecule has 4 heterocycles. The van der Waals surface area contributed by atoms with Crippen LogP contribution in [0.2, 0.25) is 0 Å². The number of urea groups is 1. The average molecular weight is 442 g/mol. The van der Waals surface area contributed by atoms with Gasteiger partial charge in [0.05, 0.1) is 5.52 Å². The molecule has 1 aromatic carbocycles. The first-order chi connectivity index (χ1) is 15.4. The Morgan fingerprint density at radius 3 is 2.69 bits per heavy atom. The van der Waals surface area contributed by atoms with Crippen molar-refractivity contribution in [2.24, 2.45) is 5.92 Å². The number of benzene rings is 1. The molecule has 1 unspecified atom stereocenters. The first kappa shape index (κ1) is 21.4. The van der Waals surface area contributed by atoms with Crippen LogP contribution in [0.4, 0.5) is 4.79 Å². The number of nitrogens with one attached hydrogen (secondary N) is 3. The summed E-state index contributed by atoms with van der Waals surface area (Å²) in [5, 5.41) is 5.98. The highest BCUT2D eigenvalue weighted by Crippen LogP contribution is 2.40. The Bertz CT molecular complexity index is 968. The van der Waals surface area contributed by atoms with E-state index in [1.165, 1.54) is 25.7 Å². The molecule has 2 aromatic rings. The van der Waals surface area contributed by atoms with E-state index in [0.29, 0.717) is 37.8 Å². The summed E-state index contributed by atoms with van der Waals surface area (Å²) in [7, 11) is 0. The van der Waals surface area contributed by atoms with Crippen molar-refractivity contribution in [1.82, 2.24) is 25.5 Å². The van der Waals surface area contributed by atoms with Crippen molar-refractivity contribution in [3.05, 3.63) is 18.0 Å². The Labute approximate surface area is 189 Å². The summed E-state index contributed by atoms with van der Waals surface area (Å²) in [5.41, 5.74) is 1.69.